The van der Waals surface area contributed by atoms with Crippen molar-refractivity contribution < 1.29 is 19.3 Å². The lowest BCUT2D eigenvalue weighted by molar-refractivity contribution is -0.384. The molecule has 1 aliphatic rings. The van der Waals surface area contributed by atoms with Gasteiger partial charge in [0.2, 0.25) is 0 Å². The molecule has 0 unspecified atom stereocenters. The number of aryl methyl sites for hydroxylation is 1. The maximum absolute atomic E-state index is 12.8. The van der Waals surface area contributed by atoms with Crippen molar-refractivity contribution in [2.75, 3.05) is 4.90 Å². The van der Waals surface area contributed by atoms with Gasteiger partial charge in [0.1, 0.15) is 5.57 Å². The van der Waals surface area contributed by atoms with E-state index < -0.39 is 22.8 Å². The summed E-state index contributed by atoms with van der Waals surface area (Å²) in [6.45, 7) is 1.69. The van der Waals surface area contributed by atoms with Crippen LogP contribution in [0.1, 0.15) is 11.1 Å². The highest BCUT2D eigenvalue weighted by Crippen LogP contribution is 2.28. The number of nitro groups is 1. The Hall–Kier alpha value is -3.52. The van der Waals surface area contributed by atoms with Gasteiger partial charge in [-0.15, -0.1) is 0 Å². The van der Waals surface area contributed by atoms with Crippen LogP contribution in [0.4, 0.5) is 16.2 Å². The van der Waals surface area contributed by atoms with Crippen molar-refractivity contribution in [1.29, 1.82) is 0 Å². The maximum atomic E-state index is 12.8. The number of nitrogens with zero attached hydrogens (tertiary/aromatic N) is 2. The largest absolute Gasteiger partial charge is 0.335 e. The zero-order valence-corrected chi connectivity index (χ0v) is 14.7. The molecule has 1 heterocycles. The number of carbonyl (C=O) groups excluding carboxylic acids is 3. The van der Waals surface area contributed by atoms with Gasteiger partial charge in [0.25, 0.3) is 17.5 Å². The summed E-state index contributed by atoms with van der Waals surface area (Å²) in [5.74, 6) is -1.73. The van der Waals surface area contributed by atoms with Crippen molar-refractivity contribution in [2.45, 2.75) is 6.92 Å². The van der Waals surface area contributed by atoms with E-state index in [9.17, 15) is 24.5 Å². The van der Waals surface area contributed by atoms with Gasteiger partial charge in [0, 0.05) is 17.2 Å². The first-order chi connectivity index (χ1) is 12.8. The van der Waals surface area contributed by atoms with Gasteiger partial charge in [-0.2, -0.15) is 0 Å². The molecule has 1 saturated heterocycles. The van der Waals surface area contributed by atoms with Crippen LogP contribution in [0.5, 0.6) is 0 Å². The molecule has 0 aromatic heterocycles. The highest BCUT2D eigenvalue weighted by atomic mass is 35.5. The molecule has 0 bridgehead atoms. The number of rotatable bonds is 3. The lowest BCUT2D eigenvalue weighted by Gasteiger charge is -2.27. The molecule has 2 aromatic carbocycles. The molecule has 0 aliphatic carbocycles. The quantitative estimate of drug-likeness (QED) is 0.377. The number of non-ortho nitro benzene ring substituents is 1. The van der Waals surface area contributed by atoms with Crippen LogP contribution in [0.3, 0.4) is 0 Å². The number of nitrogens with one attached hydrogen (secondary N) is 1. The van der Waals surface area contributed by atoms with E-state index in [-0.39, 0.29) is 22.5 Å². The SMILES string of the molecule is Cc1ccc(Cl)cc1N1C(=O)NC(=O)/C(=C\c2cccc([N+](=O)[O-])c2)C1=O. The van der Waals surface area contributed by atoms with E-state index in [0.29, 0.717) is 10.6 Å². The van der Waals surface area contributed by atoms with Gasteiger partial charge in [-0.3, -0.25) is 25.0 Å². The molecule has 1 fully saturated rings. The van der Waals surface area contributed by atoms with Crippen molar-refractivity contribution >= 4 is 46.9 Å². The third-order valence-electron chi connectivity index (χ3n) is 3.91. The molecule has 8 nitrogen and oxygen atoms in total. The molecule has 4 amide bonds. The van der Waals surface area contributed by atoms with E-state index in [1.165, 1.54) is 36.4 Å². The molecule has 27 heavy (non-hydrogen) atoms. The second-order valence-electron chi connectivity index (χ2n) is 5.74. The fraction of sp³-hybridized carbons (Fsp3) is 0.0556. The fourth-order valence-corrected chi connectivity index (χ4v) is 2.76. The van der Waals surface area contributed by atoms with Crippen LogP contribution < -0.4 is 10.2 Å². The summed E-state index contributed by atoms with van der Waals surface area (Å²) in [6.07, 6.45) is 1.20. The maximum Gasteiger partial charge on any atom is 0.335 e. The summed E-state index contributed by atoms with van der Waals surface area (Å²) in [7, 11) is 0. The Kier molecular flexibility index (Phi) is 4.74. The van der Waals surface area contributed by atoms with Crippen molar-refractivity contribution in [2.24, 2.45) is 0 Å². The number of urea groups is 1. The first kappa shape index (κ1) is 18.3. The number of halogens is 1. The lowest BCUT2D eigenvalue weighted by Crippen LogP contribution is -2.54. The van der Waals surface area contributed by atoms with E-state index in [0.717, 1.165) is 4.90 Å². The molecular formula is C18H12ClN3O5. The summed E-state index contributed by atoms with van der Waals surface area (Å²) in [5, 5.41) is 13.3. The Morgan fingerprint density at radius 2 is 1.89 bits per heavy atom. The molecule has 0 saturated carbocycles. The highest BCUT2D eigenvalue weighted by molar-refractivity contribution is 6.39. The average molecular weight is 386 g/mol. The number of amides is 4. The van der Waals surface area contributed by atoms with Crippen LogP contribution in [0.25, 0.3) is 6.08 Å². The molecule has 0 radical (unpaired) electrons. The highest BCUT2D eigenvalue weighted by Gasteiger charge is 2.37. The van der Waals surface area contributed by atoms with Crippen LogP contribution in [-0.4, -0.2) is 22.8 Å². The van der Waals surface area contributed by atoms with Gasteiger partial charge in [0.15, 0.2) is 0 Å². The predicted octanol–water partition coefficient (Wildman–Crippen LogP) is 3.22. The number of anilines is 1. The lowest BCUT2D eigenvalue weighted by atomic mass is 10.1. The number of hydrogen-bond donors (Lipinski definition) is 1. The van der Waals surface area contributed by atoms with Gasteiger partial charge in [-0.1, -0.05) is 29.8 Å². The normalized spacial score (nSPS) is 15.9. The molecule has 2 aromatic rings. The number of barbiturate groups is 1. The number of benzene rings is 2. The Labute approximate surface area is 158 Å². The Morgan fingerprint density at radius 1 is 1.15 bits per heavy atom. The molecule has 1 aliphatic heterocycles. The molecule has 9 heteroatoms. The number of carbonyl (C=O) groups is 3. The number of nitro benzene ring substituents is 1. The summed E-state index contributed by atoms with van der Waals surface area (Å²) < 4.78 is 0. The summed E-state index contributed by atoms with van der Waals surface area (Å²) >= 11 is 5.96. The minimum absolute atomic E-state index is 0.188. The third-order valence-corrected chi connectivity index (χ3v) is 4.14. The van der Waals surface area contributed by atoms with Gasteiger partial charge in [-0.25, -0.2) is 9.69 Å². The van der Waals surface area contributed by atoms with E-state index in [4.69, 9.17) is 11.6 Å². The van der Waals surface area contributed by atoms with Crippen molar-refractivity contribution in [1.82, 2.24) is 5.32 Å². The van der Waals surface area contributed by atoms with Crippen molar-refractivity contribution in [3.05, 3.63) is 74.3 Å². The molecule has 136 valence electrons. The smallest absolute Gasteiger partial charge is 0.273 e. The summed E-state index contributed by atoms with van der Waals surface area (Å²) in [5.41, 5.74) is 0.607. The van der Waals surface area contributed by atoms with Crippen LogP contribution in [0, 0.1) is 17.0 Å². The van der Waals surface area contributed by atoms with Crippen LogP contribution in [-0.2, 0) is 9.59 Å². The van der Waals surface area contributed by atoms with Crippen LogP contribution >= 0.6 is 11.6 Å². The number of hydrogen-bond acceptors (Lipinski definition) is 5. The van der Waals surface area contributed by atoms with Gasteiger partial charge < -0.3 is 0 Å². The summed E-state index contributed by atoms with van der Waals surface area (Å²) in [4.78, 5) is 48.3. The molecular weight excluding hydrogens is 374 g/mol. The third kappa shape index (κ3) is 3.56. The second-order valence-corrected chi connectivity index (χ2v) is 6.18. The van der Waals surface area contributed by atoms with Crippen molar-refractivity contribution in [3.63, 3.8) is 0 Å². The Bertz CT molecular complexity index is 1030. The topological polar surface area (TPSA) is 110 Å². The van der Waals surface area contributed by atoms with E-state index in [1.54, 1.807) is 19.1 Å². The Balaban J connectivity index is 2.06. The minimum Gasteiger partial charge on any atom is -0.273 e. The molecule has 3 rings (SSSR count). The van der Waals surface area contributed by atoms with Crippen LogP contribution in [0.15, 0.2) is 48.0 Å². The van der Waals surface area contributed by atoms with Gasteiger partial charge >= 0.3 is 6.03 Å². The van der Waals surface area contributed by atoms with Gasteiger partial charge in [0.05, 0.1) is 10.6 Å². The van der Waals surface area contributed by atoms with E-state index in [2.05, 4.69) is 5.32 Å². The monoisotopic (exact) mass is 385 g/mol. The molecule has 0 spiro atoms. The Morgan fingerprint density at radius 3 is 2.59 bits per heavy atom. The average Bonchev–Trinajstić information content (AvgIpc) is 2.61. The number of imide groups is 2. The van der Waals surface area contributed by atoms with E-state index in [1.807, 2.05) is 0 Å². The van der Waals surface area contributed by atoms with Crippen LogP contribution in [0.2, 0.25) is 5.02 Å². The zero-order valence-electron chi connectivity index (χ0n) is 13.9. The standard InChI is InChI=1S/C18H12ClN3O5/c1-10-5-6-12(19)9-15(10)21-17(24)14(16(23)20-18(21)25)8-11-3-2-4-13(7-11)22(26)27/h2-9H,1H3,(H,20,23,25)/b14-8+. The minimum atomic E-state index is -0.897. The van der Waals surface area contributed by atoms with Crippen molar-refractivity contribution in [3.8, 4) is 0 Å². The van der Waals surface area contributed by atoms with E-state index >= 15 is 0 Å². The summed E-state index contributed by atoms with van der Waals surface area (Å²) in [6, 6.07) is 9.23. The predicted molar refractivity (Wildman–Crippen MR) is 98.3 cm³/mol. The van der Waals surface area contributed by atoms with Gasteiger partial charge in [-0.05, 0) is 36.3 Å². The fourth-order valence-electron chi connectivity index (χ4n) is 2.59. The zero-order chi connectivity index (χ0) is 19.7. The molecule has 1 N–H and O–H groups in total. The first-order valence-electron chi connectivity index (χ1n) is 7.70. The molecule has 0 atom stereocenters. The first-order valence-corrected chi connectivity index (χ1v) is 8.08. The second kappa shape index (κ2) is 7.00.